The van der Waals surface area contributed by atoms with E-state index in [4.69, 9.17) is 20.8 Å². The molecule has 2 N–H and O–H groups in total. The molecule has 1 aliphatic carbocycles. The Morgan fingerprint density at radius 1 is 1.33 bits per heavy atom. The lowest BCUT2D eigenvalue weighted by Gasteiger charge is -2.26. The van der Waals surface area contributed by atoms with Gasteiger partial charge in [0, 0.05) is 5.57 Å². The lowest BCUT2D eigenvalue weighted by Crippen LogP contribution is -2.53. The Balaban J connectivity index is 1.78. The molecular weight excluding hydrogens is 302 g/mol. The summed E-state index contributed by atoms with van der Waals surface area (Å²) in [6, 6.07) is 9.39. The monoisotopic (exact) mass is 316 g/mol. The van der Waals surface area contributed by atoms with Crippen LogP contribution in [0.1, 0.15) is 5.56 Å². The minimum Gasteiger partial charge on any atom is -0.479 e. The van der Waals surface area contributed by atoms with Crippen LogP contribution in [0.15, 0.2) is 81.8 Å². The van der Waals surface area contributed by atoms with Gasteiger partial charge in [-0.3, -0.25) is 4.99 Å². The van der Waals surface area contributed by atoms with Crippen LogP contribution in [0.3, 0.4) is 0 Å². The average molecular weight is 316 g/mol. The summed E-state index contributed by atoms with van der Waals surface area (Å²) in [5, 5.41) is 8.67. The van der Waals surface area contributed by atoms with Crippen molar-refractivity contribution in [3.63, 3.8) is 0 Å². The second-order valence-corrected chi connectivity index (χ2v) is 5.48. The number of hydrogen-bond acceptors (Lipinski definition) is 5. The number of allylic oxidation sites excluding steroid dienone is 4. The summed E-state index contributed by atoms with van der Waals surface area (Å²) in [5.74, 6) is 7.92. The summed E-state index contributed by atoms with van der Waals surface area (Å²) in [4.78, 5) is 8.98. The molecule has 1 unspecified atom stereocenters. The van der Waals surface area contributed by atoms with Gasteiger partial charge in [-0.05, 0) is 18.2 Å². The molecule has 0 saturated carbocycles. The molecule has 24 heavy (non-hydrogen) atoms. The van der Waals surface area contributed by atoms with Crippen molar-refractivity contribution in [2.75, 3.05) is 6.61 Å². The van der Waals surface area contributed by atoms with Gasteiger partial charge < -0.3 is 4.74 Å². The summed E-state index contributed by atoms with van der Waals surface area (Å²) >= 11 is 0. The highest BCUT2D eigenvalue weighted by molar-refractivity contribution is 6.01. The van der Waals surface area contributed by atoms with Crippen molar-refractivity contribution in [3.8, 4) is 11.8 Å². The standard InChI is InChI=1S/C18H14N5O/c19-7-10-24-15-6-2-5-14(11-15)18-22-17(13-3-1-4-13)16-12-21-8-9-23(16,18)20/h1-6,8-9,11-12H,10,20H2/q+1. The van der Waals surface area contributed by atoms with Crippen LogP contribution < -0.4 is 10.6 Å². The van der Waals surface area contributed by atoms with E-state index in [-0.39, 0.29) is 11.2 Å². The van der Waals surface area contributed by atoms with Gasteiger partial charge in [-0.25, -0.2) is 0 Å². The van der Waals surface area contributed by atoms with Gasteiger partial charge in [-0.1, -0.05) is 24.3 Å². The minimum atomic E-state index is -0.0360. The summed E-state index contributed by atoms with van der Waals surface area (Å²) in [6.45, 7) is -0.00243. The number of benzene rings is 1. The fourth-order valence-corrected chi connectivity index (χ4v) is 2.78. The van der Waals surface area contributed by atoms with E-state index in [2.05, 4.69) is 4.99 Å². The minimum absolute atomic E-state index is 0.00243. The van der Waals surface area contributed by atoms with Gasteiger partial charge in [0.05, 0.1) is 18.0 Å². The third-order valence-electron chi connectivity index (χ3n) is 4.01. The second kappa shape index (κ2) is 5.42. The summed E-state index contributed by atoms with van der Waals surface area (Å²) in [5.41, 5.74) is 3.52. The van der Waals surface area contributed by atoms with Crippen LogP contribution >= 0.6 is 0 Å². The van der Waals surface area contributed by atoms with Crippen LogP contribution in [-0.4, -0.2) is 23.2 Å². The molecule has 6 nitrogen and oxygen atoms in total. The number of amidine groups is 1. The van der Waals surface area contributed by atoms with Gasteiger partial charge in [-0.15, -0.1) is 4.59 Å². The molecule has 0 spiro atoms. The van der Waals surface area contributed by atoms with E-state index in [1.54, 1.807) is 24.7 Å². The average Bonchev–Trinajstić information content (AvgIpc) is 2.85. The van der Waals surface area contributed by atoms with Crippen molar-refractivity contribution in [1.82, 2.24) is 0 Å². The summed E-state index contributed by atoms with van der Waals surface area (Å²) < 4.78 is 5.35. The largest absolute Gasteiger partial charge is 0.479 e. The predicted octanol–water partition coefficient (Wildman–Crippen LogP) is 2.30. The van der Waals surface area contributed by atoms with E-state index in [9.17, 15) is 0 Å². The van der Waals surface area contributed by atoms with Crippen molar-refractivity contribution >= 4 is 12.1 Å². The lowest BCUT2D eigenvalue weighted by molar-refractivity contribution is -0.750. The maximum absolute atomic E-state index is 8.67. The van der Waals surface area contributed by atoms with Gasteiger partial charge in [-0.2, -0.15) is 16.1 Å². The Kier molecular flexibility index (Phi) is 3.24. The fraction of sp³-hybridized carbons (Fsp3) is 0.0556. The first kappa shape index (κ1) is 14.3. The first-order chi connectivity index (χ1) is 11.7. The molecule has 2 heterocycles. The van der Waals surface area contributed by atoms with E-state index < -0.39 is 0 Å². The quantitative estimate of drug-likeness (QED) is 0.683. The molecule has 0 bridgehead atoms. The second-order valence-electron chi connectivity index (χ2n) is 5.48. The normalized spacial score (nSPS) is 23.3. The zero-order chi connectivity index (χ0) is 16.6. The van der Waals surface area contributed by atoms with Crippen LogP contribution in [0.5, 0.6) is 5.75 Å². The van der Waals surface area contributed by atoms with Gasteiger partial charge in [0.15, 0.2) is 6.61 Å². The van der Waals surface area contributed by atoms with E-state index in [1.807, 2.05) is 42.5 Å². The molecule has 1 atom stereocenters. The highest BCUT2D eigenvalue weighted by Crippen LogP contribution is 2.36. The number of hydrogen-bond donors (Lipinski definition) is 1. The number of aliphatic imine (C=N–C) groups is 2. The smallest absolute Gasteiger partial charge is 0.265 e. The Morgan fingerprint density at radius 2 is 2.21 bits per heavy atom. The molecule has 0 fully saturated rings. The van der Waals surface area contributed by atoms with E-state index >= 15 is 0 Å². The molecule has 1 aromatic rings. The van der Waals surface area contributed by atoms with Crippen molar-refractivity contribution in [2.24, 2.45) is 15.8 Å². The van der Waals surface area contributed by atoms with Crippen molar-refractivity contribution < 1.29 is 9.33 Å². The van der Waals surface area contributed by atoms with Crippen LogP contribution in [0.2, 0.25) is 0 Å². The number of ether oxygens (including phenoxy) is 1. The molecule has 116 valence electrons. The summed E-state index contributed by atoms with van der Waals surface area (Å²) in [7, 11) is 0. The molecule has 2 aliphatic heterocycles. The molecule has 0 aromatic heterocycles. The van der Waals surface area contributed by atoms with Gasteiger partial charge >= 0.3 is 0 Å². The number of fused-ring (bicyclic) bond motifs is 1. The highest BCUT2D eigenvalue weighted by Gasteiger charge is 2.44. The molecule has 0 saturated heterocycles. The first-order valence-corrected chi connectivity index (χ1v) is 7.43. The number of quaternary nitrogens is 1. The Hall–Kier alpha value is -3.27. The number of nitrogens with two attached hydrogens (primary N) is 1. The third kappa shape index (κ3) is 2.12. The number of rotatable bonds is 4. The highest BCUT2D eigenvalue weighted by atomic mass is 16.5. The maximum atomic E-state index is 8.67. The number of nitriles is 1. The van der Waals surface area contributed by atoms with Crippen LogP contribution in [0, 0.1) is 11.3 Å². The van der Waals surface area contributed by atoms with E-state index in [0.29, 0.717) is 11.6 Å². The van der Waals surface area contributed by atoms with Crippen molar-refractivity contribution in [3.05, 3.63) is 77.4 Å². The molecular formula is C18H14N5O+. The molecule has 6 heteroatoms. The van der Waals surface area contributed by atoms with Crippen LogP contribution in [-0.2, 0) is 0 Å². The number of nitrogens with zero attached hydrogens (tertiary/aromatic N) is 4. The first-order valence-electron chi connectivity index (χ1n) is 7.43. The third-order valence-corrected chi connectivity index (χ3v) is 4.01. The van der Waals surface area contributed by atoms with Gasteiger partial charge in [0.1, 0.15) is 23.7 Å². The Bertz CT molecular complexity index is 942. The molecule has 0 amide bonds. The Labute approximate surface area is 139 Å². The fourth-order valence-electron chi connectivity index (χ4n) is 2.78. The SMILES string of the molecule is N#CCOc1cccc(C2=NC(C3=CC=C3)=C3C=NC=C[N+]23N)c1. The maximum Gasteiger partial charge on any atom is 0.265 e. The van der Waals surface area contributed by atoms with E-state index in [1.165, 1.54) is 0 Å². The van der Waals surface area contributed by atoms with Gasteiger partial charge in [0.2, 0.25) is 5.70 Å². The van der Waals surface area contributed by atoms with E-state index in [0.717, 1.165) is 22.5 Å². The van der Waals surface area contributed by atoms with Gasteiger partial charge in [0.25, 0.3) is 5.84 Å². The van der Waals surface area contributed by atoms with Crippen LogP contribution in [0.4, 0.5) is 0 Å². The lowest BCUT2D eigenvalue weighted by atomic mass is 10.0. The Morgan fingerprint density at radius 3 is 2.96 bits per heavy atom. The van der Waals surface area contributed by atoms with Crippen molar-refractivity contribution in [1.29, 1.82) is 5.26 Å². The molecule has 3 aliphatic rings. The predicted molar refractivity (Wildman–Crippen MR) is 90.4 cm³/mol. The topological polar surface area (TPSA) is 83.8 Å². The molecule has 0 radical (unpaired) electrons. The molecule has 4 rings (SSSR count). The van der Waals surface area contributed by atoms with Crippen molar-refractivity contribution in [2.45, 2.75) is 0 Å². The summed E-state index contributed by atoms with van der Waals surface area (Å²) in [6.07, 6.45) is 11.2. The zero-order valence-electron chi connectivity index (χ0n) is 12.8. The zero-order valence-corrected chi connectivity index (χ0v) is 12.8. The van der Waals surface area contributed by atoms with Crippen LogP contribution in [0.25, 0.3) is 0 Å². The molecule has 1 aromatic carbocycles.